The quantitative estimate of drug-likeness (QED) is 0.734. The van der Waals surface area contributed by atoms with Crippen molar-refractivity contribution in [3.63, 3.8) is 0 Å². The minimum Gasteiger partial charge on any atom is -0.397 e. The molecule has 1 fully saturated rings. The van der Waals surface area contributed by atoms with Crippen molar-refractivity contribution in [2.75, 3.05) is 30.7 Å². The molecule has 2 heterocycles. The summed E-state index contributed by atoms with van der Waals surface area (Å²) < 4.78 is 0. The number of nitrogen functional groups attached to an aromatic ring is 1. The zero-order valence-electron chi connectivity index (χ0n) is 12.0. The average Bonchev–Trinajstić information content (AvgIpc) is 2.49. The smallest absolute Gasteiger partial charge is 0.250 e. The molecular weight excluding hydrogens is 270 g/mol. The molecule has 114 valence electrons. The highest BCUT2D eigenvalue weighted by atomic mass is 16.2. The Kier molecular flexibility index (Phi) is 4.97. The number of nitrogens with one attached hydrogen (secondary N) is 1. The van der Waals surface area contributed by atoms with Gasteiger partial charge in [-0.2, -0.15) is 0 Å². The van der Waals surface area contributed by atoms with Crippen molar-refractivity contribution in [1.82, 2.24) is 9.88 Å². The third kappa shape index (κ3) is 4.08. The summed E-state index contributed by atoms with van der Waals surface area (Å²) >= 11 is 0. The van der Waals surface area contributed by atoms with Crippen molar-refractivity contribution in [3.8, 4) is 0 Å². The highest BCUT2D eigenvalue weighted by molar-refractivity contribution is 5.98. The first kappa shape index (κ1) is 15.1. The number of hydrogen-bond acceptors (Lipinski definition) is 5. The molecule has 0 aliphatic carbocycles. The van der Waals surface area contributed by atoms with Crippen LogP contribution < -0.4 is 16.8 Å². The van der Waals surface area contributed by atoms with Crippen molar-refractivity contribution >= 4 is 23.3 Å². The molecule has 2 rings (SSSR count). The van der Waals surface area contributed by atoms with Crippen LogP contribution in [0.4, 0.5) is 11.5 Å². The molecule has 21 heavy (non-hydrogen) atoms. The van der Waals surface area contributed by atoms with E-state index in [9.17, 15) is 9.59 Å². The summed E-state index contributed by atoms with van der Waals surface area (Å²) in [4.78, 5) is 29.1. The fourth-order valence-electron chi connectivity index (χ4n) is 2.37. The van der Waals surface area contributed by atoms with Gasteiger partial charge in [-0.05, 0) is 25.3 Å². The zero-order valence-corrected chi connectivity index (χ0v) is 12.0. The van der Waals surface area contributed by atoms with Crippen LogP contribution in [0.15, 0.2) is 12.3 Å². The van der Waals surface area contributed by atoms with Gasteiger partial charge in [-0.3, -0.25) is 9.59 Å². The maximum atomic E-state index is 12.0. The summed E-state index contributed by atoms with van der Waals surface area (Å²) in [6, 6.07) is 1.50. The lowest BCUT2D eigenvalue weighted by molar-refractivity contribution is -0.131. The lowest BCUT2D eigenvalue weighted by Crippen LogP contribution is -2.36. The minimum absolute atomic E-state index is 0.146. The van der Waals surface area contributed by atoms with Crippen LogP contribution in [0.3, 0.4) is 0 Å². The molecule has 1 aromatic heterocycles. The van der Waals surface area contributed by atoms with Gasteiger partial charge in [-0.1, -0.05) is 0 Å². The number of piperidine rings is 1. The molecule has 0 saturated carbocycles. The predicted molar refractivity (Wildman–Crippen MR) is 80.7 cm³/mol. The molecule has 0 aromatic carbocycles. The number of anilines is 2. The Bertz CT molecular complexity index is 526. The first-order valence-corrected chi connectivity index (χ1v) is 7.15. The van der Waals surface area contributed by atoms with E-state index in [0.29, 0.717) is 18.8 Å². The second kappa shape index (κ2) is 6.92. The molecule has 0 bridgehead atoms. The molecule has 1 aromatic rings. The number of hydrogen-bond donors (Lipinski definition) is 3. The maximum Gasteiger partial charge on any atom is 0.250 e. The standard InChI is InChI=1S/C14H21N5O2/c15-11-9-18-12(8-10(11)14(16)21)17-5-4-13(20)19-6-2-1-3-7-19/h8-9H,1-7,15H2,(H2,16,21)(H,17,18). The molecule has 0 unspecified atom stereocenters. The van der Waals surface area contributed by atoms with Crippen LogP contribution in [0.25, 0.3) is 0 Å². The number of carbonyl (C=O) groups is 2. The Balaban J connectivity index is 1.84. The molecule has 1 saturated heterocycles. The van der Waals surface area contributed by atoms with Crippen LogP contribution in [-0.2, 0) is 4.79 Å². The lowest BCUT2D eigenvalue weighted by atomic mass is 10.1. The lowest BCUT2D eigenvalue weighted by Gasteiger charge is -2.26. The van der Waals surface area contributed by atoms with Crippen molar-refractivity contribution in [3.05, 3.63) is 17.8 Å². The SMILES string of the molecule is NC(=O)c1cc(NCCC(=O)N2CCCCC2)ncc1N. The first-order chi connectivity index (χ1) is 10.1. The van der Waals surface area contributed by atoms with Gasteiger partial charge in [0, 0.05) is 26.1 Å². The molecule has 0 radical (unpaired) electrons. The molecule has 0 atom stereocenters. The van der Waals surface area contributed by atoms with Crippen molar-refractivity contribution in [2.45, 2.75) is 25.7 Å². The highest BCUT2D eigenvalue weighted by Gasteiger charge is 2.16. The predicted octanol–water partition coefficient (Wildman–Crippen LogP) is 0.577. The van der Waals surface area contributed by atoms with Gasteiger partial charge < -0.3 is 21.7 Å². The number of likely N-dealkylation sites (tertiary alicyclic amines) is 1. The Morgan fingerprint density at radius 2 is 2.00 bits per heavy atom. The molecule has 5 N–H and O–H groups in total. The Hall–Kier alpha value is -2.31. The molecular formula is C14H21N5O2. The topological polar surface area (TPSA) is 114 Å². The summed E-state index contributed by atoms with van der Waals surface area (Å²) in [7, 11) is 0. The van der Waals surface area contributed by atoms with Crippen LogP contribution in [0.2, 0.25) is 0 Å². The third-order valence-corrected chi connectivity index (χ3v) is 3.55. The Labute approximate surface area is 123 Å². The number of carbonyl (C=O) groups excluding carboxylic acids is 2. The van der Waals surface area contributed by atoms with Crippen molar-refractivity contribution < 1.29 is 9.59 Å². The van der Waals surface area contributed by atoms with Crippen LogP contribution in [0, 0.1) is 0 Å². The van der Waals surface area contributed by atoms with Gasteiger partial charge in [0.1, 0.15) is 5.82 Å². The monoisotopic (exact) mass is 291 g/mol. The van der Waals surface area contributed by atoms with E-state index in [0.717, 1.165) is 25.9 Å². The molecule has 2 amide bonds. The second-order valence-corrected chi connectivity index (χ2v) is 5.14. The van der Waals surface area contributed by atoms with Crippen LogP contribution in [0.1, 0.15) is 36.0 Å². The summed E-state index contributed by atoms with van der Waals surface area (Å²) in [6.45, 7) is 2.17. The van der Waals surface area contributed by atoms with Gasteiger partial charge in [0.25, 0.3) is 5.91 Å². The van der Waals surface area contributed by atoms with E-state index in [1.165, 1.54) is 18.7 Å². The van der Waals surface area contributed by atoms with Crippen molar-refractivity contribution in [2.24, 2.45) is 5.73 Å². The largest absolute Gasteiger partial charge is 0.397 e. The van der Waals surface area contributed by atoms with E-state index in [1.54, 1.807) is 0 Å². The van der Waals surface area contributed by atoms with E-state index in [-0.39, 0.29) is 17.2 Å². The van der Waals surface area contributed by atoms with Gasteiger partial charge in [0.05, 0.1) is 17.4 Å². The van der Waals surface area contributed by atoms with E-state index < -0.39 is 5.91 Å². The highest BCUT2D eigenvalue weighted by Crippen LogP contribution is 2.14. The summed E-state index contributed by atoms with van der Waals surface area (Å²) in [5.74, 6) is 0.0413. The van der Waals surface area contributed by atoms with E-state index in [2.05, 4.69) is 10.3 Å². The fourth-order valence-corrected chi connectivity index (χ4v) is 2.37. The third-order valence-electron chi connectivity index (χ3n) is 3.55. The van der Waals surface area contributed by atoms with Crippen LogP contribution in [0.5, 0.6) is 0 Å². The van der Waals surface area contributed by atoms with E-state index in [4.69, 9.17) is 11.5 Å². The van der Waals surface area contributed by atoms with Crippen LogP contribution in [-0.4, -0.2) is 41.3 Å². The number of nitrogens with zero attached hydrogens (tertiary/aromatic N) is 2. The minimum atomic E-state index is -0.595. The van der Waals surface area contributed by atoms with Crippen LogP contribution >= 0.6 is 0 Å². The molecule has 7 nitrogen and oxygen atoms in total. The molecule has 1 aliphatic heterocycles. The number of amides is 2. The first-order valence-electron chi connectivity index (χ1n) is 7.15. The Morgan fingerprint density at radius 3 is 2.67 bits per heavy atom. The number of nitrogens with two attached hydrogens (primary N) is 2. The van der Waals surface area contributed by atoms with Gasteiger partial charge in [0.2, 0.25) is 5.91 Å². The average molecular weight is 291 g/mol. The number of rotatable bonds is 5. The number of aromatic nitrogens is 1. The molecule has 7 heteroatoms. The summed E-state index contributed by atoms with van der Waals surface area (Å²) in [5.41, 5.74) is 11.3. The van der Waals surface area contributed by atoms with Gasteiger partial charge in [0.15, 0.2) is 0 Å². The summed E-state index contributed by atoms with van der Waals surface area (Å²) in [5, 5.41) is 3.02. The number of pyridine rings is 1. The maximum absolute atomic E-state index is 12.0. The zero-order chi connectivity index (χ0) is 15.2. The fraction of sp³-hybridized carbons (Fsp3) is 0.500. The normalized spacial score (nSPS) is 14.8. The summed E-state index contributed by atoms with van der Waals surface area (Å²) in [6.07, 6.45) is 5.15. The molecule has 1 aliphatic rings. The molecule has 0 spiro atoms. The van der Waals surface area contributed by atoms with Crippen molar-refractivity contribution in [1.29, 1.82) is 0 Å². The number of primary amides is 1. The van der Waals surface area contributed by atoms with Gasteiger partial charge >= 0.3 is 0 Å². The van der Waals surface area contributed by atoms with Gasteiger partial charge in [-0.15, -0.1) is 0 Å². The van der Waals surface area contributed by atoms with E-state index >= 15 is 0 Å². The Morgan fingerprint density at radius 1 is 1.29 bits per heavy atom. The second-order valence-electron chi connectivity index (χ2n) is 5.14. The van der Waals surface area contributed by atoms with E-state index in [1.807, 2.05) is 4.90 Å². The van der Waals surface area contributed by atoms with Gasteiger partial charge in [-0.25, -0.2) is 4.98 Å².